The third kappa shape index (κ3) is 6.67. The Kier molecular flexibility index (Phi) is 8.25. The SMILES string of the molecule is COc1ccc(-c2nnc(SCC(=O)Nc3ccc(/C=C/c4cc(OC)cc(OC)c4)cc3)o2)cc1. The van der Waals surface area contributed by atoms with Gasteiger partial charge in [0.25, 0.3) is 5.22 Å². The van der Waals surface area contributed by atoms with E-state index in [-0.39, 0.29) is 11.7 Å². The fraction of sp³-hybridized carbons (Fsp3) is 0.148. The van der Waals surface area contributed by atoms with Crippen molar-refractivity contribution in [1.82, 2.24) is 10.2 Å². The lowest BCUT2D eigenvalue weighted by atomic mass is 10.1. The third-order valence-electron chi connectivity index (χ3n) is 5.11. The van der Waals surface area contributed by atoms with Gasteiger partial charge in [0.2, 0.25) is 11.8 Å². The molecule has 1 amide bonds. The number of anilines is 1. The van der Waals surface area contributed by atoms with Crippen LogP contribution in [0.5, 0.6) is 17.2 Å². The van der Waals surface area contributed by atoms with Gasteiger partial charge in [-0.25, -0.2) is 0 Å². The van der Waals surface area contributed by atoms with E-state index in [2.05, 4.69) is 15.5 Å². The topological polar surface area (TPSA) is 95.7 Å². The number of benzene rings is 3. The van der Waals surface area contributed by atoms with E-state index in [1.165, 1.54) is 11.8 Å². The average molecular weight is 504 g/mol. The second-order valence-corrected chi connectivity index (χ2v) is 8.47. The molecule has 0 saturated heterocycles. The first-order chi connectivity index (χ1) is 17.6. The summed E-state index contributed by atoms with van der Waals surface area (Å²) in [5.74, 6) is 2.55. The fourth-order valence-electron chi connectivity index (χ4n) is 3.24. The van der Waals surface area contributed by atoms with Crippen molar-refractivity contribution >= 4 is 35.5 Å². The third-order valence-corrected chi connectivity index (χ3v) is 5.93. The highest BCUT2D eigenvalue weighted by molar-refractivity contribution is 7.99. The molecule has 9 heteroatoms. The van der Waals surface area contributed by atoms with Gasteiger partial charge in [-0.1, -0.05) is 36.0 Å². The minimum atomic E-state index is -0.170. The first-order valence-corrected chi connectivity index (χ1v) is 12.0. The minimum absolute atomic E-state index is 0.142. The maximum Gasteiger partial charge on any atom is 0.277 e. The van der Waals surface area contributed by atoms with Crippen molar-refractivity contribution in [3.8, 4) is 28.7 Å². The highest BCUT2D eigenvalue weighted by Gasteiger charge is 2.12. The molecule has 0 aliphatic carbocycles. The van der Waals surface area contributed by atoms with Crippen molar-refractivity contribution in [2.24, 2.45) is 0 Å². The van der Waals surface area contributed by atoms with E-state index in [4.69, 9.17) is 18.6 Å². The predicted molar refractivity (Wildman–Crippen MR) is 141 cm³/mol. The van der Waals surface area contributed by atoms with E-state index in [0.29, 0.717) is 16.8 Å². The fourth-order valence-corrected chi connectivity index (χ4v) is 3.80. The maximum atomic E-state index is 12.4. The number of hydrogen-bond acceptors (Lipinski definition) is 8. The summed E-state index contributed by atoms with van der Waals surface area (Å²) >= 11 is 1.18. The minimum Gasteiger partial charge on any atom is -0.497 e. The van der Waals surface area contributed by atoms with Crippen LogP contribution in [0.15, 0.2) is 76.4 Å². The summed E-state index contributed by atoms with van der Waals surface area (Å²) in [7, 11) is 4.85. The molecule has 3 aromatic carbocycles. The van der Waals surface area contributed by atoms with E-state index in [0.717, 1.165) is 33.9 Å². The second kappa shape index (κ2) is 11.9. The van der Waals surface area contributed by atoms with Crippen molar-refractivity contribution in [3.63, 3.8) is 0 Å². The number of nitrogens with zero attached hydrogens (tertiary/aromatic N) is 2. The number of hydrogen-bond donors (Lipinski definition) is 1. The van der Waals surface area contributed by atoms with Crippen molar-refractivity contribution in [2.45, 2.75) is 5.22 Å². The van der Waals surface area contributed by atoms with Crippen molar-refractivity contribution < 1.29 is 23.4 Å². The molecule has 0 aliphatic rings. The Hall–Kier alpha value is -4.24. The monoisotopic (exact) mass is 503 g/mol. The second-order valence-electron chi connectivity index (χ2n) is 7.54. The molecule has 184 valence electrons. The van der Waals surface area contributed by atoms with Gasteiger partial charge in [0.05, 0.1) is 27.1 Å². The van der Waals surface area contributed by atoms with E-state index in [1.54, 1.807) is 21.3 Å². The summed E-state index contributed by atoms with van der Waals surface area (Å²) in [6.45, 7) is 0. The first kappa shape index (κ1) is 24.9. The molecule has 8 nitrogen and oxygen atoms in total. The highest BCUT2D eigenvalue weighted by atomic mass is 32.2. The Labute approximate surface area is 213 Å². The summed E-state index contributed by atoms with van der Waals surface area (Å²) in [6.07, 6.45) is 3.95. The smallest absolute Gasteiger partial charge is 0.277 e. The van der Waals surface area contributed by atoms with Crippen LogP contribution in [0.2, 0.25) is 0 Å². The number of thioether (sulfide) groups is 1. The first-order valence-electron chi connectivity index (χ1n) is 11.0. The highest BCUT2D eigenvalue weighted by Crippen LogP contribution is 2.26. The number of aromatic nitrogens is 2. The molecule has 0 aliphatic heterocycles. The lowest BCUT2D eigenvalue weighted by molar-refractivity contribution is -0.113. The van der Waals surface area contributed by atoms with Gasteiger partial charge in [0.15, 0.2) is 0 Å². The molecule has 1 N–H and O–H groups in total. The van der Waals surface area contributed by atoms with Crippen LogP contribution in [0.25, 0.3) is 23.6 Å². The van der Waals surface area contributed by atoms with Gasteiger partial charge in [0.1, 0.15) is 17.2 Å². The van der Waals surface area contributed by atoms with Crippen LogP contribution < -0.4 is 19.5 Å². The molecule has 0 spiro atoms. The molecular formula is C27H25N3O5S. The van der Waals surface area contributed by atoms with E-state index < -0.39 is 0 Å². The zero-order valence-corrected chi connectivity index (χ0v) is 20.9. The van der Waals surface area contributed by atoms with Gasteiger partial charge in [-0.2, -0.15) is 0 Å². The number of rotatable bonds is 10. The predicted octanol–water partition coefficient (Wildman–Crippen LogP) is 5.66. The van der Waals surface area contributed by atoms with E-state index in [1.807, 2.05) is 78.9 Å². The number of carbonyl (C=O) groups excluding carboxylic acids is 1. The Bertz CT molecular complexity index is 1310. The molecule has 4 aromatic rings. The number of amides is 1. The van der Waals surface area contributed by atoms with Gasteiger partial charge in [0, 0.05) is 17.3 Å². The molecule has 1 heterocycles. The Morgan fingerprint density at radius 3 is 2.11 bits per heavy atom. The van der Waals surface area contributed by atoms with Gasteiger partial charge in [-0.3, -0.25) is 4.79 Å². The standard InChI is InChI=1S/C27H25N3O5S/c1-32-22-12-8-20(9-13-22)26-29-30-27(35-26)36-17-25(31)28-21-10-6-18(7-11-21)4-5-19-14-23(33-2)16-24(15-19)34-3/h4-16H,17H2,1-3H3,(H,28,31)/b5-4+. The average Bonchev–Trinajstić information content (AvgIpc) is 3.40. The zero-order valence-electron chi connectivity index (χ0n) is 20.1. The lowest BCUT2D eigenvalue weighted by Gasteiger charge is -2.06. The van der Waals surface area contributed by atoms with E-state index >= 15 is 0 Å². The summed E-state index contributed by atoms with van der Waals surface area (Å²) < 4.78 is 21.4. The molecule has 0 atom stereocenters. The maximum absolute atomic E-state index is 12.4. The van der Waals surface area contributed by atoms with Crippen LogP contribution in [0.4, 0.5) is 5.69 Å². The van der Waals surface area contributed by atoms with Gasteiger partial charge in [-0.15, -0.1) is 10.2 Å². The van der Waals surface area contributed by atoms with Crippen LogP contribution in [0, 0.1) is 0 Å². The van der Waals surface area contributed by atoms with Crippen molar-refractivity contribution in [2.75, 3.05) is 32.4 Å². The van der Waals surface area contributed by atoms with E-state index in [9.17, 15) is 4.79 Å². The quantitative estimate of drug-likeness (QED) is 0.219. The van der Waals surface area contributed by atoms with Gasteiger partial charge >= 0.3 is 0 Å². The molecule has 36 heavy (non-hydrogen) atoms. The molecule has 0 radical (unpaired) electrons. The molecule has 0 saturated carbocycles. The van der Waals surface area contributed by atoms with Crippen LogP contribution in [-0.4, -0.2) is 43.2 Å². The molecule has 0 bridgehead atoms. The summed E-state index contributed by atoms with van der Waals surface area (Å²) in [6, 6.07) is 20.5. The molecule has 1 aromatic heterocycles. The Morgan fingerprint density at radius 1 is 0.833 bits per heavy atom. The van der Waals surface area contributed by atoms with Crippen molar-refractivity contribution in [1.29, 1.82) is 0 Å². The molecule has 0 unspecified atom stereocenters. The van der Waals surface area contributed by atoms with Crippen LogP contribution in [-0.2, 0) is 4.79 Å². The number of nitrogens with one attached hydrogen (secondary N) is 1. The largest absolute Gasteiger partial charge is 0.497 e. The summed E-state index contributed by atoms with van der Waals surface area (Å²) in [5, 5.41) is 11.2. The molecule has 4 rings (SSSR count). The normalized spacial score (nSPS) is 10.9. The van der Waals surface area contributed by atoms with Gasteiger partial charge in [-0.05, 0) is 59.7 Å². The number of methoxy groups -OCH3 is 3. The van der Waals surface area contributed by atoms with Gasteiger partial charge < -0.3 is 23.9 Å². The van der Waals surface area contributed by atoms with Crippen molar-refractivity contribution in [3.05, 3.63) is 77.9 Å². The zero-order chi connectivity index (χ0) is 25.3. The number of ether oxygens (including phenoxy) is 3. The van der Waals surface area contributed by atoms with Crippen LogP contribution in [0.1, 0.15) is 11.1 Å². The summed E-state index contributed by atoms with van der Waals surface area (Å²) in [4.78, 5) is 12.4. The lowest BCUT2D eigenvalue weighted by Crippen LogP contribution is -2.13. The Morgan fingerprint density at radius 2 is 1.47 bits per heavy atom. The summed E-state index contributed by atoms with van der Waals surface area (Å²) in [5.41, 5.74) is 3.42. The van der Waals surface area contributed by atoms with Crippen LogP contribution >= 0.6 is 11.8 Å². The Balaban J connectivity index is 1.29. The number of carbonyl (C=O) groups is 1. The molecular weight excluding hydrogens is 478 g/mol. The van der Waals surface area contributed by atoms with Crippen LogP contribution in [0.3, 0.4) is 0 Å². The molecule has 0 fully saturated rings.